The van der Waals surface area contributed by atoms with Gasteiger partial charge in [0, 0.05) is 16.8 Å². The molecule has 0 saturated heterocycles. The number of amidine groups is 1. The van der Waals surface area contributed by atoms with Gasteiger partial charge in [-0.25, -0.2) is 19.4 Å². The lowest BCUT2D eigenvalue weighted by atomic mass is 10.0. The van der Waals surface area contributed by atoms with E-state index >= 15 is 0 Å². The first-order valence-electron chi connectivity index (χ1n) is 11.7. The van der Waals surface area contributed by atoms with Gasteiger partial charge >= 0.3 is 0 Å². The minimum Gasteiger partial charge on any atom is -0.487 e. The Kier molecular flexibility index (Phi) is 6.82. The lowest BCUT2D eigenvalue weighted by Gasteiger charge is -2.26. The number of anilines is 3. The molecule has 0 amide bonds. The predicted octanol–water partition coefficient (Wildman–Crippen LogP) is 5.68. The average Bonchev–Trinajstić information content (AvgIpc) is 3.26. The van der Waals surface area contributed by atoms with E-state index in [-0.39, 0.29) is 12.4 Å². The van der Waals surface area contributed by atoms with E-state index < -0.39 is 11.7 Å². The lowest BCUT2D eigenvalue weighted by Crippen LogP contribution is -2.41. The molecule has 3 aromatic carbocycles. The molecule has 0 saturated carbocycles. The molecule has 4 aromatic rings. The highest BCUT2D eigenvalue weighted by Crippen LogP contribution is 2.32. The summed E-state index contributed by atoms with van der Waals surface area (Å²) in [6.07, 6.45) is 0.815. The number of fused-ring (bicyclic) bond motifs is 1. The van der Waals surface area contributed by atoms with Crippen LogP contribution in [0.5, 0.6) is 5.75 Å². The largest absolute Gasteiger partial charge is 0.487 e. The fourth-order valence-electron chi connectivity index (χ4n) is 3.77. The Hall–Kier alpha value is -3.95. The monoisotopic (exact) mass is 521 g/mol. The average molecular weight is 522 g/mol. The number of aliphatic imine (C=N–C) groups is 1. The predicted molar refractivity (Wildman–Crippen MR) is 142 cm³/mol. The maximum absolute atomic E-state index is 13.4. The Morgan fingerprint density at radius 2 is 1.92 bits per heavy atom. The van der Waals surface area contributed by atoms with Crippen molar-refractivity contribution in [1.82, 2.24) is 9.97 Å². The molecular formula is C27H25ClFN5O3. The van der Waals surface area contributed by atoms with E-state index in [4.69, 9.17) is 21.1 Å². The van der Waals surface area contributed by atoms with Crippen LogP contribution in [-0.2, 0) is 11.3 Å². The van der Waals surface area contributed by atoms with E-state index in [1.165, 1.54) is 18.5 Å². The van der Waals surface area contributed by atoms with Crippen molar-refractivity contribution in [2.45, 2.75) is 32.2 Å². The van der Waals surface area contributed by atoms with E-state index in [9.17, 15) is 9.50 Å². The molecule has 37 heavy (non-hydrogen) atoms. The molecule has 190 valence electrons. The van der Waals surface area contributed by atoms with E-state index in [1.807, 2.05) is 31.2 Å². The van der Waals surface area contributed by atoms with E-state index in [1.54, 1.807) is 31.2 Å². The van der Waals surface area contributed by atoms with Crippen LogP contribution in [0.2, 0.25) is 5.02 Å². The minimum absolute atomic E-state index is 0.196. The number of nitrogens with zero attached hydrogens (tertiary/aromatic N) is 3. The molecule has 10 heteroatoms. The highest BCUT2D eigenvalue weighted by molar-refractivity contribution is 6.32. The summed E-state index contributed by atoms with van der Waals surface area (Å²) in [5.41, 5.74) is 2.13. The van der Waals surface area contributed by atoms with Crippen molar-refractivity contribution in [3.8, 4) is 5.75 Å². The third-order valence-corrected chi connectivity index (χ3v) is 6.41. The summed E-state index contributed by atoms with van der Waals surface area (Å²) < 4.78 is 25.0. The molecule has 1 aliphatic heterocycles. The summed E-state index contributed by atoms with van der Waals surface area (Å²) in [6.45, 7) is 4.05. The summed E-state index contributed by atoms with van der Waals surface area (Å²) in [7, 11) is 0. The van der Waals surface area contributed by atoms with Crippen molar-refractivity contribution < 1.29 is 19.0 Å². The van der Waals surface area contributed by atoms with Gasteiger partial charge < -0.3 is 25.2 Å². The first-order chi connectivity index (χ1) is 17.8. The number of aliphatic hydroxyl groups is 1. The van der Waals surface area contributed by atoms with Gasteiger partial charge in [0.1, 0.15) is 30.3 Å². The van der Waals surface area contributed by atoms with Crippen molar-refractivity contribution >= 4 is 45.7 Å². The van der Waals surface area contributed by atoms with Crippen LogP contribution in [0.15, 0.2) is 72.0 Å². The standard InChI is InChI=1S/C27H25ClFN5O3/c1-16(35)27(2)14-30-26(37-27)34-19-6-8-23-21(11-19)25(32-15-31-23)33-20-7-9-24(22(28)12-20)36-13-17-4-3-5-18(29)10-17/h3-12,15-16,35H,13-14H2,1-2H3,(H,30,34)(H,31,32,33)/t16-,27-/m0/s1. The first kappa shape index (κ1) is 24.7. The van der Waals surface area contributed by atoms with Crippen LogP contribution in [0.25, 0.3) is 10.9 Å². The summed E-state index contributed by atoms with van der Waals surface area (Å²) >= 11 is 6.45. The Balaban J connectivity index is 1.31. The molecule has 0 fully saturated rings. The molecule has 5 rings (SSSR count). The van der Waals surface area contributed by atoms with Crippen molar-refractivity contribution in [3.05, 3.63) is 83.4 Å². The zero-order valence-corrected chi connectivity index (χ0v) is 21.0. The third-order valence-electron chi connectivity index (χ3n) is 6.11. The number of ether oxygens (including phenoxy) is 2. The third kappa shape index (κ3) is 5.58. The van der Waals surface area contributed by atoms with Crippen LogP contribution >= 0.6 is 11.6 Å². The summed E-state index contributed by atoms with van der Waals surface area (Å²) in [4.78, 5) is 13.1. The zero-order valence-electron chi connectivity index (χ0n) is 20.2. The minimum atomic E-state index is -0.762. The van der Waals surface area contributed by atoms with Crippen molar-refractivity contribution in [2.75, 3.05) is 17.2 Å². The maximum atomic E-state index is 13.4. The fraction of sp³-hybridized carbons (Fsp3) is 0.222. The van der Waals surface area contributed by atoms with E-state index in [0.717, 1.165) is 16.6 Å². The topological polar surface area (TPSA) is 101 Å². The maximum Gasteiger partial charge on any atom is 0.290 e. The number of aromatic nitrogens is 2. The second-order valence-electron chi connectivity index (χ2n) is 8.98. The number of halogens is 2. The van der Waals surface area contributed by atoms with Crippen LogP contribution in [0.3, 0.4) is 0 Å². The number of rotatable bonds is 7. The fourth-order valence-corrected chi connectivity index (χ4v) is 4.01. The molecule has 2 heterocycles. The van der Waals surface area contributed by atoms with Gasteiger partial charge in [-0.05, 0) is 67.9 Å². The molecule has 1 aliphatic rings. The molecule has 0 bridgehead atoms. The van der Waals surface area contributed by atoms with Crippen LogP contribution < -0.4 is 15.4 Å². The number of hydrogen-bond donors (Lipinski definition) is 3. The van der Waals surface area contributed by atoms with Gasteiger partial charge in [-0.3, -0.25) is 0 Å². The van der Waals surface area contributed by atoms with Crippen LogP contribution in [0, 0.1) is 5.82 Å². The highest BCUT2D eigenvalue weighted by atomic mass is 35.5. The highest BCUT2D eigenvalue weighted by Gasteiger charge is 2.38. The summed E-state index contributed by atoms with van der Waals surface area (Å²) in [6, 6.07) is 17.5. The summed E-state index contributed by atoms with van der Waals surface area (Å²) in [5.74, 6) is 0.752. The van der Waals surface area contributed by atoms with E-state index in [0.29, 0.717) is 40.4 Å². The van der Waals surface area contributed by atoms with Gasteiger partial charge in [0.15, 0.2) is 5.60 Å². The second kappa shape index (κ2) is 10.2. The molecule has 8 nitrogen and oxygen atoms in total. The van der Waals surface area contributed by atoms with Crippen LogP contribution in [0.1, 0.15) is 19.4 Å². The van der Waals surface area contributed by atoms with Crippen molar-refractivity contribution in [1.29, 1.82) is 0 Å². The smallest absolute Gasteiger partial charge is 0.290 e. The van der Waals surface area contributed by atoms with Gasteiger partial charge in [0.05, 0.1) is 23.2 Å². The molecule has 0 unspecified atom stereocenters. The molecule has 2 atom stereocenters. The van der Waals surface area contributed by atoms with Gasteiger partial charge in [-0.2, -0.15) is 0 Å². The van der Waals surface area contributed by atoms with Crippen molar-refractivity contribution in [2.24, 2.45) is 4.99 Å². The molecule has 0 radical (unpaired) electrons. The quantitative estimate of drug-likeness (QED) is 0.287. The molecule has 0 spiro atoms. The SMILES string of the molecule is C[C@H](O)[C@]1(C)CN=C(Nc2ccc3ncnc(Nc4ccc(OCc5cccc(F)c5)c(Cl)c4)c3c2)O1. The van der Waals surface area contributed by atoms with E-state index in [2.05, 4.69) is 25.6 Å². The van der Waals surface area contributed by atoms with Crippen LogP contribution in [-0.4, -0.2) is 39.3 Å². The molecule has 1 aromatic heterocycles. The number of hydrogen-bond acceptors (Lipinski definition) is 8. The molecule has 3 N–H and O–H groups in total. The zero-order chi connectivity index (χ0) is 26.0. The first-order valence-corrected chi connectivity index (χ1v) is 12.0. The van der Waals surface area contributed by atoms with Crippen LogP contribution in [0.4, 0.5) is 21.6 Å². The molecule has 0 aliphatic carbocycles. The Bertz CT molecular complexity index is 1480. The van der Waals surface area contributed by atoms with Gasteiger partial charge in [-0.1, -0.05) is 23.7 Å². The molecular weight excluding hydrogens is 497 g/mol. The van der Waals surface area contributed by atoms with Gasteiger partial charge in [0.2, 0.25) is 0 Å². The Labute approximate surface area is 218 Å². The Morgan fingerprint density at radius 1 is 1.11 bits per heavy atom. The Morgan fingerprint density at radius 3 is 2.68 bits per heavy atom. The van der Waals surface area contributed by atoms with Gasteiger partial charge in [-0.15, -0.1) is 0 Å². The van der Waals surface area contributed by atoms with Gasteiger partial charge in [0.25, 0.3) is 6.02 Å². The second-order valence-corrected chi connectivity index (χ2v) is 9.39. The number of aliphatic hydroxyl groups excluding tert-OH is 1. The normalized spacial score (nSPS) is 17.7. The van der Waals surface area contributed by atoms with Crippen molar-refractivity contribution in [3.63, 3.8) is 0 Å². The number of benzene rings is 3. The lowest BCUT2D eigenvalue weighted by molar-refractivity contribution is -0.0197. The number of nitrogens with one attached hydrogen (secondary N) is 2. The summed E-state index contributed by atoms with van der Waals surface area (Å²) in [5, 5.41) is 17.6.